The lowest BCUT2D eigenvalue weighted by Gasteiger charge is -2.28. The largest absolute Gasteiger partial charge is 0.477 e. The van der Waals surface area contributed by atoms with E-state index in [0.29, 0.717) is 6.54 Å². The van der Waals surface area contributed by atoms with Gasteiger partial charge in [-0.05, 0) is 26.8 Å². The minimum absolute atomic E-state index is 0.0693. The average Bonchev–Trinajstić information content (AvgIpc) is 2.02. The molecule has 0 heterocycles. The molecule has 0 aliphatic rings. The van der Waals surface area contributed by atoms with E-state index in [1.165, 1.54) is 4.90 Å². The van der Waals surface area contributed by atoms with Gasteiger partial charge in [-0.1, -0.05) is 6.92 Å². The van der Waals surface area contributed by atoms with Crippen LogP contribution in [0, 0.1) is 0 Å². The molecule has 0 aliphatic carbocycles. The standard InChI is InChI=1S/C9H17F2NO2/c1-4-5-12(7(2)3)6-9(10,11)8(13)14/h7H,4-6H2,1-3H3,(H,13,14). The molecule has 14 heavy (non-hydrogen) atoms. The average molecular weight is 209 g/mol. The van der Waals surface area contributed by atoms with Crippen molar-refractivity contribution < 1.29 is 18.7 Å². The first kappa shape index (κ1) is 13.3. The van der Waals surface area contributed by atoms with Crippen LogP contribution in [0.1, 0.15) is 27.2 Å². The van der Waals surface area contributed by atoms with Crippen LogP contribution in [0.3, 0.4) is 0 Å². The molecule has 0 atom stereocenters. The Hall–Kier alpha value is -0.710. The Kier molecular flexibility index (Phi) is 4.97. The van der Waals surface area contributed by atoms with Gasteiger partial charge in [-0.3, -0.25) is 4.90 Å². The summed E-state index contributed by atoms with van der Waals surface area (Å²) in [6.45, 7) is 5.18. The fourth-order valence-electron chi connectivity index (χ4n) is 1.13. The van der Waals surface area contributed by atoms with E-state index < -0.39 is 18.4 Å². The lowest BCUT2D eigenvalue weighted by molar-refractivity contribution is -0.168. The van der Waals surface area contributed by atoms with Gasteiger partial charge in [0.05, 0.1) is 6.54 Å². The van der Waals surface area contributed by atoms with Crippen molar-refractivity contribution >= 4 is 5.97 Å². The number of aliphatic carboxylic acids is 1. The molecule has 0 aromatic carbocycles. The zero-order valence-corrected chi connectivity index (χ0v) is 8.76. The van der Waals surface area contributed by atoms with Crippen LogP contribution < -0.4 is 0 Å². The van der Waals surface area contributed by atoms with Crippen LogP contribution in [0.5, 0.6) is 0 Å². The smallest absolute Gasteiger partial charge is 0.375 e. The maximum atomic E-state index is 12.8. The second-order valence-electron chi connectivity index (χ2n) is 3.57. The van der Waals surface area contributed by atoms with E-state index in [1.54, 1.807) is 13.8 Å². The first-order valence-electron chi connectivity index (χ1n) is 4.66. The number of carboxylic acids is 1. The number of rotatable bonds is 6. The van der Waals surface area contributed by atoms with Crippen molar-refractivity contribution in [1.29, 1.82) is 0 Å². The molecule has 0 radical (unpaired) electrons. The number of hydrogen-bond donors (Lipinski definition) is 1. The minimum atomic E-state index is -3.65. The summed E-state index contributed by atoms with van der Waals surface area (Å²) < 4.78 is 25.7. The summed E-state index contributed by atoms with van der Waals surface area (Å²) in [6, 6.07) is -0.0693. The Balaban J connectivity index is 4.35. The SMILES string of the molecule is CCCN(CC(F)(F)C(=O)O)C(C)C. The third-order valence-corrected chi connectivity index (χ3v) is 1.96. The summed E-state index contributed by atoms with van der Waals surface area (Å²) in [7, 11) is 0. The Morgan fingerprint density at radius 2 is 2.00 bits per heavy atom. The maximum absolute atomic E-state index is 12.8. The number of hydrogen-bond acceptors (Lipinski definition) is 2. The van der Waals surface area contributed by atoms with Gasteiger partial charge in [-0.2, -0.15) is 8.78 Å². The van der Waals surface area contributed by atoms with Crippen molar-refractivity contribution in [2.24, 2.45) is 0 Å². The van der Waals surface area contributed by atoms with Gasteiger partial charge in [-0.25, -0.2) is 4.79 Å². The van der Waals surface area contributed by atoms with Crippen molar-refractivity contribution in [3.8, 4) is 0 Å². The maximum Gasteiger partial charge on any atom is 0.375 e. The Morgan fingerprint density at radius 1 is 1.50 bits per heavy atom. The fraction of sp³-hybridized carbons (Fsp3) is 0.889. The molecular weight excluding hydrogens is 192 g/mol. The highest BCUT2D eigenvalue weighted by Crippen LogP contribution is 2.17. The third kappa shape index (κ3) is 4.00. The van der Waals surface area contributed by atoms with Gasteiger partial charge in [0.15, 0.2) is 0 Å². The number of nitrogens with zero attached hydrogens (tertiary/aromatic N) is 1. The van der Waals surface area contributed by atoms with Crippen molar-refractivity contribution in [3.63, 3.8) is 0 Å². The normalized spacial score (nSPS) is 12.5. The van der Waals surface area contributed by atoms with E-state index in [1.807, 2.05) is 6.92 Å². The number of alkyl halides is 2. The van der Waals surface area contributed by atoms with Gasteiger partial charge in [-0.15, -0.1) is 0 Å². The summed E-state index contributed by atoms with van der Waals surface area (Å²) in [5.74, 6) is -5.71. The predicted octanol–water partition coefficient (Wildman–Crippen LogP) is 1.83. The molecule has 0 rings (SSSR count). The second kappa shape index (κ2) is 5.24. The Bertz CT molecular complexity index is 195. The van der Waals surface area contributed by atoms with Crippen LogP contribution in [-0.4, -0.2) is 41.0 Å². The number of carbonyl (C=O) groups is 1. The minimum Gasteiger partial charge on any atom is -0.477 e. The molecule has 5 heteroatoms. The van der Waals surface area contributed by atoms with Gasteiger partial charge in [0.25, 0.3) is 0 Å². The van der Waals surface area contributed by atoms with Crippen LogP contribution in [0.15, 0.2) is 0 Å². The second-order valence-corrected chi connectivity index (χ2v) is 3.57. The molecule has 0 saturated heterocycles. The summed E-state index contributed by atoms with van der Waals surface area (Å²) in [4.78, 5) is 11.7. The highest BCUT2D eigenvalue weighted by molar-refractivity contribution is 5.75. The van der Waals surface area contributed by atoms with Gasteiger partial charge in [0, 0.05) is 6.04 Å². The summed E-state index contributed by atoms with van der Waals surface area (Å²) >= 11 is 0. The van der Waals surface area contributed by atoms with E-state index in [2.05, 4.69) is 0 Å². The lowest BCUT2D eigenvalue weighted by atomic mass is 10.2. The quantitative estimate of drug-likeness (QED) is 0.725. The molecule has 0 aliphatic heterocycles. The fourth-order valence-corrected chi connectivity index (χ4v) is 1.13. The van der Waals surface area contributed by atoms with Gasteiger partial charge >= 0.3 is 11.9 Å². The van der Waals surface area contributed by atoms with Crippen LogP contribution in [0.25, 0.3) is 0 Å². The van der Waals surface area contributed by atoms with Crippen LogP contribution >= 0.6 is 0 Å². The summed E-state index contributed by atoms with van der Waals surface area (Å²) in [5.41, 5.74) is 0. The third-order valence-electron chi connectivity index (χ3n) is 1.96. The molecule has 84 valence electrons. The zero-order chi connectivity index (χ0) is 11.4. The molecular formula is C9H17F2NO2. The first-order valence-corrected chi connectivity index (χ1v) is 4.66. The van der Waals surface area contributed by atoms with Crippen molar-refractivity contribution in [2.45, 2.75) is 39.2 Å². The van der Waals surface area contributed by atoms with Gasteiger partial charge < -0.3 is 5.11 Å². The van der Waals surface area contributed by atoms with Crippen molar-refractivity contribution in [1.82, 2.24) is 4.90 Å². The molecule has 0 bridgehead atoms. The predicted molar refractivity (Wildman–Crippen MR) is 49.6 cm³/mol. The van der Waals surface area contributed by atoms with E-state index in [0.717, 1.165) is 6.42 Å². The lowest BCUT2D eigenvalue weighted by Crippen LogP contribution is -2.45. The Morgan fingerprint density at radius 3 is 2.29 bits per heavy atom. The molecule has 0 spiro atoms. The molecule has 0 saturated carbocycles. The van der Waals surface area contributed by atoms with Crippen LogP contribution in [-0.2, 0) is 4.79 Å². The molecule has 1 N–H and O–H groups in total. The van der Waals surface area contributed by atoms with Crippen LogP contribution in [0.2, 0.25) is 0 Å². The van der Waals surface area contributed by atoms with Gasteiger partial charge in [0.2, 0.25) is 0 Å². The topological polar surface area (TPSA) is 40.5 Å². The first-order chi connectivity index (χ1) is 6.31. The van der Waals surface area contributed by atoms with Crippen molar-refractivity contribution in [3.05, 3.63) is 0 Å². The van der Waals surface area contributed by atoms with Crippen LogP contribution in [0.4, 0.5) is 8.78 Å². The van der Waals surface area contributed by atoms with E-state index in [4.69, 9.17) is 5.11 Å². The number of halogens is 2. The monoisotopic (exact) mass is 209 g/mol. The van der Waals surface area contributed by atoms with Crippen molar-refractivity contribution in [2.75, 3.05) is 13.1 Å². The molecule has 0 amide bonds. The molecule has 0 fully saturated rings. The van der Waals surface area contributed by atoms with Gasteiger partial charge in [0.1, 0.15) is 0 Å². The zero-order valence-electron chi connectivity index (χ0n) is 8.76. The summed E-state index contributed by atoms with van der Waals surface area (Å²) in [5, 5.41) is 8.26. The summed E-state index contributed by atoms with van der Waals surface area (Å²) in [6.07, 6.45) is 0.730. The highest BCUT2D eigenvalue weighted by Gasteiger charge is 2.40. The molecule has 0 unspecified atom stereocenters. The molecule has 0 aromatic heterocycles. The highest BCUT2D eigenvalue weighted by atomic mass is 19.3. The number of carboxylic acid groups (broad SMARTS) is 1. The van der Waals surface area contributed by atoms with E-state index in [9.17, 15) is 13.6 Å². The van der Waals surface area contributed by atoms with E-state index >= 15 is 0 Å². The Labute approximate surface area is 82.7 Å². The molecule has 3 nitrogen and oxygen atoms in total. The molecule has 0 aromatic rings. The van der Waals surface area contributed by atoms with E-state index in [-0.39, 0.29) is 6.04 Å².